The number of rotatable bonds is 5. The van der Waals surface area contributed by atoms with Crippen molar-refractivity contribution < 1.29 is 0 Å². The van der Waals surface area contributed by atoms with Gasteiger partial charge in [0.05, 0.1) is 0 Å². The molecular formula is C15H24N2. The lowest BCUT2D eigenvalue weighted by molar-refractivity contribution is 0.309. The lowest BCUT2D eigenvalue weighted by Crippen LogP contribution is -2.43. The molecule has 2 nitrogen and oxygen atoms in total. The quantitative estimate of drug-likeness (QED) is 0.605. The van der Waals surface area contributed by atoms with Gasteiger partial charge in [0.15, 0.2) is 0 Å². The van der Waals surface area contributed by atoms with E-state index < -0.39 is 0 Å². The van der Waals surface area contributed by atoms with Gasteiger partial charge < -0.3 is 0 Å². The maximum Gasteiger partial charge on any atom is 0.0304 e. The predicted octanol–water partition coefficient (Wildman–Crippen LogP) is 2.98. The molecule has 0 heterocycles. The Morgan fingerprint density at radius 2 is 2.18 bits per heavy atom. The van der Waals surface area contributed by atoms with Crippen molar-refractivity contribution in [1.29, 1.82) is 0 Å². The Balaban J connectivity index is 2.17. The Morgan fingerprint density at radius 3 is 2.88 bits per heavy atom. The summed E-state index contributed by atoms with van der Waals surface area (Å²) in [7, 11) is 0. The minimum Gasteiger partial charge on any atom is -0.271 e. The van der Waals surface area contributed by atoms with Gasteiger partial charge in [-0.2, -0.15) is 0 Å². The third-order valence-electron chi connectivity index (χ3n) is 4.16. The Hall–Kier alpha value is -0.860. The molecule has 1 aromatic rings. The third-order valence-corrected chi connectivity index (χ3v) is 4.16. The van der Waals surface area contributed by atoms with Gasteiger partial charge in [0.2, 0.25) is 0 Å². The molecule has 3 atom stereocenters. The fourth-order valence-electron chi connectivity index (χ4n) is 3.28. The highest BCUT2D eigenvalue weighted by Crippen LogP contribution is 2.37. The van der Waals surface area contributed by atoms with Crippen LogP contribution in [0.15, 0.2) is 24.3 Å². The van der Waals surface area contributed by atoms with Crippen molar-refractivity contribution in [2.75, 3.05) is 0 Å². The number of hydrogen-bond donors (Lipinski definition) is 2. The molecule has 3 unspecified atom stereocenters. The Kier molecular flexibility index (Phi) is 4.19. The van der Waals surface area contributed by atoms with E-state index in [1.807, 2.05) is 0 Å². The first-order valence-corrected chi connectivity index (χ1v) is 6.81. The Morgan fingerprint density at radius 1 is 1.41 bits per heavy atom. The van der Waals surface area contributed by atoms with Gasteiger partial charge in [0.1, 0.15) is 0 Å². The van der Waals surface area contributed by atoms with Crippen LogP contribution in [-0.2, 0) is 6.42 Å². The fraction of sp³-hybridized carbons (Fsp3) is 0.600. The minimum atomic E-state index is 0.415. The van der Waals surface area contributed by atoms with E-state index in [1.54, 1.807) is 0 Å². The van der Waals surface area contributed by atoms with Gasteiger partial charge in [-0.05, 0) is 36.3 Å². The summed E-state index contributed by atoms with van der Waals surface area (Å²) in [4.78, 5) is 0. The molecule has 0 spiro atoms. The number of nitrogens with one attached hydrogen (secondary N) is 1. The highest BCUT2D eigenvalue weighted by atomic mass is 15.2. The van der Waals surface area contributed by atoms with E-state index in [9.17, 15) is 0 Å². The highest BCUT2D eigenvalue weighted by molar-refractivity contribution is 5.36. The molecule has 0 fully saturated rings. The molecule has 0 aliphatic heterocycles. The zero-order valence-electron chi connectivity index (χ0n) is 10.9. The second-order valence-electron chi connectivity index (χ2n) is 5.30. The molecule has 0 aromatic heterocycles. The van der Waals surface area contributed by atoms with Crippen molar-refractivity contribution in [1.82, 2.24) is 5.43 Å². The van der Waals surface area contributed by atoms with Gasteiger partial charge in [0.25, 0.3) is 0 Å². The van der Waals surface area contributed by atoms with Gasteiger partial charge in [-0.25, -0.2) is 0 Å². The second kappa shape index (κ2) is 5.65. The predicted molar refractivity (Wildman–Crippen MR) is 72.7 cm³/mol. The van der Waals surface area contributed by atoms with Crippen molar-refractivity contribution in [3.8, 4) is 0 Å². The molecule has 3 N–H and O–H groups in total. The van der Waals surface area contributed by atoms with Crippen LogP contribution < -0.4 is 11.3 Å². The number of benzene rings is 1. The van der Waals surface area contributed by atoms with Crippen molar-refractivity contribution in [2.24, 2.45) is 11.8 Å². The molecule has 1 aliphatic rings. The summed E-state index contributed by atoms with van der Waals surface area (Å²) in [6.07, 6.45) is 4.92. The van der Waals surface area contributed by atoms with Gasteiger partial charge in [-0.3, -0.25) is 11.3 Å². The molecule has 2 rings (SSSR count). The molecule has 0 saturated heterocycles. The average Bonchev–Trinajstić information content (AvgIpc) is 2.75. The fourth-order valence-corrected chi connectivity index (χ4v) is 3.28. The molecule has 0 amide bonds. The first-order chi connectivity index (χ1) is 8.27. The monoisotopic (exact) mass is 232 g/mol. The van der Waals surface area contributed by atoms with Gasteiger partial charge >= 0.3 is 0 Å². The average molecular weight is 232 g/mol. The maximum atomic E-state index is 5.79. The minimum absolute atomic E-state index is 0.415. The summed E-state index contributed by atoms with van der Waals surface area (Å²) in [5.41, 5.74) is 6.10. The first-order valence-electron chi connectivity index (χ1n) is 6.81. The number of aryl methyl sites for hydroxylation is 1. The Labute approximate surface area is 105 Å². The van der Waals surface area contributed by atoms with Gasteiger partial charge in [-0.15, -0.1) is 0 Å². The van der Waals surface area contributed by atoms with Crippen LogP contribution in [0.25, 0.3) is 0 Å². The van der Waals surface area contributed by atoms with E-state index in [1.165, 1.54) is 36.8 Å². The van der Waals surface area contributed by atoms with Crippen LogP contribution in [0, 0.1) is 5.92 Å². The van der Waals surface area contributed by atoms with Crippen LogP contribution in [0.3, 0.4) is 0 Å². The molecule has 17 heavy (non-hydrogen) atoms. The molecule has 2 heteroatoms. The Bertz CT molecular complexity index is 362. The van der Waals surface area contributed by atoms with Crippen LogP contribution in [-0.4, -0.2) is 6.04 Å². The molecule has 1 aromatic carbocycles. The topological polar surface area (TPSA) is 38.0 Å². The number of hydrogen-bond acceptors (Lipinski definition) is 2. The van der Waals surface area contributed by atoms with Crippen molar-refractivity contribution >= 4 is 0 Å². The normalized spacial score (nSPS) is 22.2. The van der Waals surface area contributed by atoms with Crippen LogP contribution >= 0.6 is 0 Å². The third kappa shape index (κ3) is 2.53. The number of hydrazine groups is 1. The van der Waals surface area contributed by atoms with Crippen molar-refractivity contribution in [3.63, 3.8) is 0 Å². The standard InChI is InChI=1S/C15H24N2/c1-3-6-11(2)15(17-16)14-10-9-12-7-4-5-8-13(12)14/h4-5,7-8,11,14-15,17H,3,6,9-10,16H2,1-2H3. The van der Waals surface area contributed by atoms with Crippen LogP contribution in [0.4, 0.5) is 0 Å². The van der Waals surface area contributed by atoms with Gasteiger partial charge in [0, 0.05) is 12.0 Å². The smallest absolute Gasteiger partial charge is 0.0304 e. The zero-order chi connectivity index (χ0) is 12.3. The van der Waals surface area contributed by atoms with E-state index in [-0.39, 0.29) is 0 Å². The van der Waals surface area contributed by atoms with Gasteiger partial charge in [-0.1, -0.05) is 44.5 Å². The summed E-state index contributed by atoms with van der Waals surface area (Å²) < 4.78 is 0. The SMILES string of the molecule is CCCC(C)C(NN)C1CCc2ccccc21. The summed E-state index contributed by atoms with van der Waals surface area (Å²) in [6.45, 7) is 4.56. The summed E-state index contributed by atoms with van der Waals surface area (Å²) >= 11 is 0. The summed E-state index contributed by atoms with van der Waals surface area (Å²) in [6, 6.07) is 9.24. The van der Waals surface area contributed by atoms with Crippen LogP contribution in [0.5, 0.6) is 0 Å². The molecule has 0 radical (unpaired) electrons. The van der Waals surface area contributed by atoms with Crippen LogP contribution in [0.1, 0.15) is 50.2 Å². The van der Waals surface area contributed by atoms with E-state index in [0.29, 0.717) is 17.9 Å². The first kappa shape index (κ1) is 12.6. The highest BCUT2D eigenvalue weighted by Gasteiger charge is 2.31. The molecule has 0 bridgehead atoms. The van der Waals surface area contributed by atoms with Crippen molar-refractivity contribution in [3.05, 3.63) is 35.4 Å². The van der Waals surface area contributed by atoms with Crippen molar-refractivity contribution in [2.45, 2.75) is 51.5 Å². The van der Waals surface area contributed by atoms with E-state index in [0.717, 1.165) is 0 Å². The van der Waals surface area contributed by atoms with E-state index in [4.69, 9.17) is 5.84 Å². The lowest BCUT2D eigenvalue weighted by Gasteiger charge is -2.29. The molecule has 1 aliphatic carbocycles. The second-order valence-corrected chi connectivity index (χ2v) is 5.30. The maximum absolute atomic E-state index is 5.79. The molecular weight excluding hydrogens is 208 g/mol. The summed E-state index contributed by atoms with van der Waals surface area (Å²) in [5, 5.41) is 0. The lowest BCUT2D eigenvalue weighted by atomic mass is 9.84. The summed E-state index contributed by atoms with van der Waals surface area (Å²) in [5.74, 6) is 7.03. The number of fused-ring (bicyclic) bond motifs is 1. The molecule has 94 valence electrons. The molecule has 0 saturated carbocycles. The largest absolute Gasteiger partial charge is 0.271 e. The van der Waals surface area contributed by atoms with E-state index in [2.05, 4.69) is 43.5 Å². The number of nitrogens with two attached hydrogens (primary N) is 1. The van der Waals surface area contributed by atoms with Crippen LogP contribution in [0.2, 0.25) is 0 Å². The van der Waals surface area contributed by atoms with E-state index >= 15 is 0 Å². The zero-order valence-corrected chi connectivity index (χ0v) is 10.9.